The number of rotatable bonds is 8. The molecule has 7 aromatic carbocycles. The molecule has 0 bridgehead atoms. The molecular weight excluding hydrogens is 765 g/mol. The van der Waals surface area contributed by atoms with E-state index in [9.17, 15) is 0 Å². The summed E-state index contributed by atoms with van der Waals surface area (Å²) in [6, 6.07) is 68.2. The first-order chi connectivity index (χ1) is 30.5. The molecule has 9 aromatic rings. The lowest BCUT2D eigenvalue weighted by molar-refractivity contribution is 0.125. The summed E-state index contributed by atoms with van der Waals surface area (Å²) in [5, 5.41) is 0. The number of aromatic nitrogens is 4. The molecule has 4 nitrogen and oxygen atoms in total. The molecular formula is C59H50N4. The SMILES string of the molecule is CC1(C)c2cc(-c3nc(-c4ccccc4)cc(-c4cccc(-c5ccccc5)c4)n3)c(-c3nc(-c4ccccc4)cc(-c4cccc(-c5ccccc5)c4)n3)cc2C(C)(C)C1(C)C. The number of fused-ring (bicyclic) bond motifs is 1. The molecule has 1 aliphatic rings. The average Bonchev–Trinajstić information content (AvgIpc) is 3.44. The van der Waals surface area contributed by atoms with Crippen molar-refractivity contribution in [3.63, 3.8) is 0 Å². The van der Waals surface area contributed by atoms with Gasteiger partial charge in [-0.05, 0) is 86.0 Å². The standard InChI is InChI=1S/C59H50N4/c1-57(2)49-35-47(55-60-51(41-25-15-9-16-26-41)37-53(62-55)45-31-19-29-43(33-45)39-21-11-7-12-22-39)48(36-50(49)58(3,4)59(57,5)6)56-61-52(42-27-17-10-18-28-42)38-54(63-56)46-32-20-30-44(34-46)40-23-13-8-14-24-40/h7-38H,1-6H3. The third-order valence-electron chi connectivity index (χ3n) is 14.2. The van der Waals surface area contributed by atoms with Gasteiger partial charge in [-0.15, -0.1) is 0 Å². The molecule has 0 aliphatic heterocycles. The Balaban J connectivity index is 1.25. The van der Waals surface area contributed by atoms with Crippen LogP contribution in [0.5, 0.6) is 0 Å². The number of benzene rings is 7. The van der Waals surface area contributed by atoms with Crippen LogP contribution in [-0.2, 0) is 10.8 Å². The van der Waals surface area contributed by atoms with Crippen molar-refractivity contribution >= 4 is 0 Å². The van der Waals surface area contributed by atoms with Crippen LogP contribution in [0.1, 0.15) is 52.7 Å². The van der Waals surface area contributed by atoms with Gasteiger partial charge in [-0.3, -0.25) is 0 Å². The lowest BCUT2D eigenvalue weighted by Crippen LogP contribution is -2.42. The Bertz CT molecular complexity index is 2910. The van der Waals surface area contributed by atoms with Gasteiger partial charge in [0.2, 0.25) is 0 Å². The van der Waals surface area contributed by atoms with Crippen LogP contribution in [-0.4, -0.2) is 19.9 Å². The van der Waals surface area contributed by atoms with Crippen LogP contribution in [0.2, 0.25) is 0 Å². The highest BCUT2D eigenvalue weighted by Crippen LogP contribution is 2.62. The Kier molecular flexibility index (Phi) is 9.83. The first kappa shape index (κ1) is 39.8. The fourth-order valence-corrected chi connectivity index (χ4v) is 9.38. The number of hydrogen-bond donors (Lipinski definition) is 0. The summed E-state index contributed by atoms with van der Waals surface area (Å²) in [7, 11) is 0. The molecule has 63 heavy (non-hydrogen) atoms. The summed E-state index contributed by atoms with van der Waals surface area (Å²) in [4.78, 5) is 21.9. The van der Waals surface area contributed by atoms with Crippen LogP contribution in [0.3, 0.4) is 0 Å². The van der Waals surface area contributed by atoms with Crippen LogP contribution in [0.25, 0.3) is 90.1 Å². The summed E-state index contributed by atoms with van der Waals surface area (Å²) < 4.78 is 0. The van der Waals surface area contributed by atoms with E-state index in [1.165, 1.54) is 11.1 Å². The van der Waals surface area contributed by atoms with Gasteiger partial charge < -0.3 is 0 Å². The Morgan fingerprint density at radius 2 is 0.556 bits per heavy atom. The largest absolute Gasteiger partial charge is 0.228 e. The molecule has 306 valence electrons. The Morgan fingerprint density at radius 3 is 0.905 bits per heavy atom. The van der Waals surface area contributed by atoms with Crippen molar-refractivity contribution in [2.45, 2.75) is 52.4 Å². The first-order valence-corrected chi connectivity index (χ1v) is 21.9. The molecule has 0 radical (unpaired) electrons. The fourth-order valence-electron chi connectivity index (χ4n) is 9.38. The van der Waals surface area contributed by atoms with Gasteiger partial charge in [0.1, 0.15) is 0 Å². The van der Waals surface area contributed by atoms with Gasteiger partial charge in [0.05, 0.1) is 22.8 Å². The van der Waals surface area contributed by atoms with E-state index in [4.69, 9.17) is 19.9 Å². The van der Waals surface area contributed by atoms with Crippen molar-refractivity contribution in [3.8, 4) is 90.1 Å². The van der Waals surface area contributed by atoms with Crippen LogP contribution in [0, 0.1) is 5.41 Å². The maximum Gasteiger partial charge on any atom is 0.161 e. The topological polar surface area (TPSA) is 51.6 Å². The van der Waals surface area contributed by atoms with Crippen molar-refractivity contribution in [1.29, 1.82) is 0 Å². The van der Waals surface area contributed by atoms with E-state index in [1.807, 2.05) is 12.1 Å². The van der Waals surface area contributed by atoms with E-state index < -0.39 is 0 Å². The Labute approximate surface area is 371 Å². The van der Waals surface area contributed by atoms with Gasteiger partial charge in [-0.2, -0.15) is 0 Å². The van der Waals surface area contributed by atoms with Crippen LogP contribution < -0.4 is 0 Å². The predicted octanol–water partition coefficient (Wildman–Crippen LogP) is 15.2. The molecule has 2 aromatic heterocycles. The minimum absolute atomic E-state index is 0.0796. The van der Waals surface area contributed by atoms with E-state index in [2.05, 4.69) is 224 Å². The minimum Gasteiger partial charge on any atom is -0.228 e. The predicted molar refractivity (Wildman–Crippen MR) is 261 cm³/mol. The molecule has 1 aliphatic carbocycles. The highest BCUT2D eigenvalue weighted by molar-refractivity contribution is 5.85. The zero-order valence-electron chi connectivity index (χ0n) is 36.8. The minimum atomic E-state index is -0.168. The van der Waals surface area contributed by atoms with Crippen molar-refractivity contribution < 1.29 is 0 Å². The van der Waals surface area contributed by atoms with Gasteiger partial charge in [-0.1, -0.05) is 199 Å². The summed E-state index contributed by atoms with van der Waals surface area (Å²) in [6.07, 6.45) is 0. The second-order valence-electron chi connectivity index (χ2n) is 18.4. The first-order valence-electron chi connectivity index (χ1n) is 21.9. The molecule has 2 heterocycles. The molecule has 4 heteroatoms. The van der Waals surface area contributed by atoms with Gasteiger partial charge in [0, 0.05) is 33.4 Å². The quantitative estimate of drug-likeness (QED) is 0.153. The van der Waals surface area contributed by atoms with Gasteiger partial charge in [-0.25, -0.2) is 19.9 Å². The van der Waals surface area contributed by atoms with Gasteiger partial charge >= 0.3 is 0 Å². The molecule has 0 saturated carbocycles. The van der Waals surface area contributed by atoms with Crippen molar-refractivity contribution in [2.24, 2.45) is 5.41 Å². The average molecular weight is 815 g/mol. The summed E-state index contributed by atoms with van der Waals surface area (Å²) in [5.74, 6) is 1.27. The van der Waals surface area contributed by atoms with Crippen LogP contribution in [0.4, 0.5) is 0 Å². The molecule has 0 fully saturated rings. The maximum absolute atomic E-state index is 5.51. The van der Waals surface area contributed by atoms with E-state index in [-0.39, 0.29) is 16.2 Å². The van der Waals surface area contributed by atoms with Crippen molar-refractivity contribution in [3.05, 3.63) is 205 Å². The number of nitrogens with zero attached hydrogens (tertiary/aromatic N) is 4. The second-order valence-corrected chi connectivity index (χ2v) is 18.4. The molecule has 0 atom stereocenters. The number of hydrogen-bond acceptors (Lipinski definition) is 4. The third-order valence-corrected chi connectivity index (χ3v) is 14.2. The molecule has 10 rings (SSSR count). The monoisotopic (exact) mass is 814 g/mol. The van der Waals surface area contributed by atoms with Gasteiger partial charge in [0.15, 0.2) is 11.6 Å². The van der Waals surface area contributed by atoms with Crippen LogP contribution >= 0.6 is 0 Å². The maximum atomic E-state index is 5.51. The van der Waals surface area contributed by atoms with E-state index in [0.717, 1.165) is 78.4 Å². The lowest BCUT2D eigenvalue weighted by atomic mass is 9.59. The summed E-state index contributed by atoms with van der Waals surface area (Å²) in [6.45, 7) is 14.3. The van der Waals surface area contributed by atoms with Crippen molar-refractivity contribution in [1.82, 2.24) is 19.9 Å². The molecule has 0 N–H and O–H groups in total. The van der Waals surface area contributed by atoms with E-state index in [0.29, 0.717) is 11.6 Å². The molecule has 0 saturated heterocycles. The molecule has 0 amide bonds. The lowest BCUT2D eigenvalue weighted by Gasteiger charge is -2.44. The van der Waals surface area contributed by atoms with E-state index in [1.54, 1.807) is 0 Å². The van der Waals surface area contributed by atoms with Crippen molar-refractivity contribution in [2.75, 3.05) is 0 Å². The van der Waals surface area contributed by atoms with Gasteiger partial charge in [0.25, 0.3) is 0 Å². The summed E-state index contributed by atoms with van der Waals surface area (Å²) >= 11 is 0. The normalized spacial score (nSPS) is 14.6. The highest BCUT2D eigenvalue weighted by Gasteiger charge is 2.57. The highest BCUT2D eigenvalue weighted by atomic mass is 14.9. The molecule has 0 unspecified atom stereocenters. The molecule has 0 spiro atoms. The fraction of sp³-hybridized carbons (Fsp3) is 0.153. The smallest absolute Gasteiger partial charge is 0.161 e. The zero-order valence-corrected chi connectivity index (χ0v) is 36.8. The summed E-state index contributed by atoms with van der Waals surface area (Å²) in [5.41, 5.74) is 16.1. The third kappa shape index (κ3) is 7.06. The van der Waals surface area contributed by atoms with E-state index >= 15 is 0 Å². The zero-order chi connectivity index (χ0) is 43.3. The Hall–Kier alpha value is -7.30. The second kappa shape index (κ2) is 15.6. The Morgan fingerprint density at radius 1 is 0.270 bits per heavy atom. The van der Waals surface area contributed by atoms with Crippen LogP contribution in [0.15, 0.2) is 194 Å².